The summed E-state index contributed by atoms with van der Waals surface area (Å²) in [6.45, 7) is 3.29. The topological polar surface area (TPSA) is 66.4 Å². The third-order valence-electron chi connectivity index (χ3n) is 6.93. The van der Waals surface area contributed by atoms with E-state index in [1.54, 1.807) is 4.31 Å². The maximum Gasteiger partial charge on any atom is 0.211 e. The second kappa shape index (κ2) is 7.06. The normalized spacial score (nSPS) is 21.6. The summed E-state index contributed by atoms with van der Waals surface area (Å²) in [5, 5.41) is 0. The number of hydrogen-bond acceptors (Lipinski definition) is 5. The number of benzene rings is 1. The molecule has 1 aliphatic carbocycles. The fraction of sp³-hybridized carbons (Fsp3) is 0.545. The Morgan fingerprint density at radius 2 is 1.62 bits per heavy atom. The molecule has 0 amide bonds. The van der Waals surface area contributed by atoms with Crippen molar-refractivity contribution < 1.29 is 8.42 Å². The van der Waals surface area contributed by atoms with E-state index in [1.807, 2.05) is 18.2 Å². The Balaban J connectivity index is 1.58. The highest BCUT2D eigenvalue weighted by molar-refractivity contribution is 7.88. The molecule has 3 heterocycles. The lowest BCUT2D eigenvalue weighted by molar-refractivity contribution is 0.229. The Labute approximate surface area is 173 Å². The van der Waals surface area contributed by atoms with Crippen molar-refractivity contribution in [2.45, 2.75) is 43.9 Å². The molecule has 2 saturated heterocycles. The molecule has 0 atom stereocenters. The van der Waals surface area contributed by atoms with E-state index in [0.29, 0.717) is 13.1 Å². The zero-order valence-corrected chi connectivity index (χ0v) is 17.8. The maximum atomic E-state index is 12.0. The zero-order valence-electron chi connectivity index (χ0n) is 17.0. The van der Waals surface area contributed by atoms with Gasteiger partial charge in [0.2, 0.25) is 10.0 Å². The van der Waals surface area contributed by atoms with Crippen LogP contribution in [0.5, 0.6) is 0 Å². The molecular formula is C22H28N4O2S. The summed E-state index contributed by atoms with van der Waals surface area (Å²) in [5.41, 5.74) is 3.52. The number of fused-ring (bicyclic) bond motifs is 2. The number of sulfonamides is 1. The first-order chi connectivity index (χ1) is 14.0. The zero-order chi connectivity index (χ0) is 20.1. The third kappa shape index (κ3) is 3.34. The quantitative estimate of drug-likeness (QED) is 0.775. The van der Waals surface area contributed by atoms with Gasteiger partial charge in [-0.1, -0.05) is 30.3 Å². The van der Waals surface area contributed by atoms with Crippen LogP contribution in [0.1, 0.15) is 43.4 Å². The van der Waals surface area contributed by atoms with Crippen molar-refractivity contribution in [3.05, 3.63) is 41.6 Å². The predicted molar refractivity (Wildman–Crippen MR) is 115 cm³/mol. The van der Waals surface area contributed by atoms with Crippen LogP contribution in [0, 0.1) is 0 Å². The summed E-state index contributed by atoms with van der Waals surface area (Å²) in [5.74, 6) is 1.92. The van der Waals surface area contributed by atoms with E-state index in [9.17, 15) is 8.42 Å². The van der Waals surface area contributed by atoms with E-state index >= 15 is 0 Å². The Morgan fingerprint density at radius 1 is 0.931 bits per heavy atom. The Morgan fingerprint density at radius 3 is 2.28 bits per heavy atom. The van der Waals surface area contributed by atoms with Crippen LogP contribution in [0.3, 0.4) is 0 Å². The number of piperidine rings is 1. The van der Waals surface area contributed by atoms with Crippen LogP contribution < -0.4 is 4.90 Å². The van der Waals surface area contributed by atoms with Crippen LogP contribution in [0.2, 0.25) is 0 Å². The largest absolute Gasteiger partial charge is 0.356 e. The minimum absolute atomic E-state index is 0.0164. The van der Waals surface area contributed by atoms with Crippen LogP contribution in [0.15, 0.2) is 30.3 Å². The van der Waals surface area contributed by atoms with Crippen molar-refractivity contribution in [2.75, 3.05) is 37.3 Å². The summed E-state index contributed by atoms with van der Waals surface area (Å²) in [6, 6.07) is 10.2. The van der Waals surface area contributed by atoms with Gasteiger partial charge in [-0.3, -0.25) is 0 Å². The van der Waals surface area contributed by atoms with Gasteiger partial charge in [0, 0.05) is 42.7 Å². The standard InChI is InChI=1S/C22H28N4O2S/c1-29(27,28)26-15-11-22(12-16-26)10-9-18-19(22)23-20(17-7-3-2-4-8-17)24-21(18)25-13-5-6-14-25/h2-4,7-8H,5-6,9-16H2,1H3. The van der Waals surface area contributed by atoms with Crippen molar-refractivity contribution >= 4 is 15.8 Å². The van der Waals surface area contributed by atoms with Crippen LogP contribution in [-0.2, 0) is 21.9 Å². The molecule has 3 aliphatic rings. The average molecular weight is 413 g/mol. The van der Waals surface area contributed by atoms with Crippen molar-refractivity contribution in [3.63, 3.8) is 0 Å². The second-order valence-corrected chi connectivity index (χ2v) is 10.7. The molecule has 7 heteroatoms. The van der Waals surface area contributed by atoms with Gasteiger partial charge in [0.05, 0.1) is 11.9 Å². The summed E-state index contributed by atoms with van der Waals surface area (Å²) in [7, 11) is -3.13. The molecule has 0 radical (unpaired) electrons. The molecule has 2 aromatic rings. The number of anilines is 1. The number of rotatable bonds is 3. The predicted octanol–water partition coefficient (Wildman–Crippen LogP) is 2.98. The summed E-state index contributed by atoms with van der Waals surface area (Å²) >= 11 is 0. The SMILES string of the molecule is CS(=O)(=O)N1CCC2(CCc3c(N4CCCC4)nc(-c4ccccc4)nc32)CC1. The van der Waals surface area contributed by atoms with Crippen molar-refractivity contribution in [1.82, 2.24) is 14.3 Å². The number of nitrogens with zero attached hydrogens (tertiary/aromatic N) is 4. The third-order valence-corrected chi connectivity index (χ3v) is 8.23. The fourth-order valence-electron chi connectivity index (χ4n) is 5.26. The molecule has 2 fully saturated rings. The molecule has 2 aliphatic heterocycles. The first-order valence-electron chi connectivity index (χ1n) is 10.6. The molecule has 0 bridgehead atoms. The Bertz CT molecular complexity index is 1010. The summed E-state index contributed by atoms with van der Waals surface area (Å²) in [6.07, 6.45) is 7.48. The van der Waals surface area contributed by atoms with E-state index in [0.717, 1.165) is 56.0 Å². The molecule has 0 unspecified atom stereocenters. The lowest BCUT2D eigenvalue weighted by Gasteiger charge is -2.38. The number of aromatic nitrogens is 2. The Hall–Kier alpha value is -1.99. The molecule has 1 spiro atoms. The lowest BCUT2D eigenvalue weighted by atomic mass is 9.76. The van der Waals surface area contributed by atoms with E-state index in [-0.39, 0.29) is 5.41 Å². The van der Waals surface area contributed by atoms with Gasteiger partial charge in [-0.05, 0) is 38.5 Å². The van der Waals surface area contributed by atoms with Crippen molar-refractivity contribution in [1.29, 1.82) is 0 Å². The van der Waals surface area contributed by atoms with Crippen molar-refractivity contribution in [2.24, 2.45) is 0 Å². The fourth-order valence-corrected chi connectivity index (χ4v) is 6.11. The smallest absolute Gasteiger partial charge is 0.211 e. The monoisotopic (exact) mass is 412 g/mol. The minimum atomic E-state index is -3.13. The van der Waals surface area contributed by atoms with Gasteiger partial charge in [-0.15, -0.1) is 0 Å². The van der Waals surface area contributed by atoms with Gasteiger partial charge in [0.25, 0.3) is 0 Å². The Kier molecular flexibility index (Phi) is 4.62. The van der Waals surface area contributed by atoms with Crippen LogP contribution in [-0.4, -0.2) is 55.1 Å². The van der Waals surface area contributed by atoms with Gasteiger partial charge in [-0.2, -0.15) is 0 Å². The van der Waals surface area contributed by atoms with E-state index in [1.165, 1.54) is 30.4 Å². The molecule has 0 N–H and O–H groups in total. The van der Waals surface area contributed by atoms with Crippen LogP contribution in [0.25, 0.3) is 11.4 Å². The van der Waals surface area contributed by atoms with Crippen LogP contribution >= 0.6 is 0 Å². The van der Waals surface area contributed by atoms with Gasteiger partial charge < -0.3 is 4.90 Å². The highest BCUT2D eigenvalue weighted by atomic mass is 32.2. The molecule has 5 rings (SSSR count). The van der Waals surface area contributed by atoms with Gasteiger partial charge in [0.15, 0.2) is 5.82 Å². The average Bonchev–Trinajstić information content (AvgIpc) is 3.37. The highest BCUT2D eigenvalue weighted by Crippen LogP contribution is 2.48. The lowest BCUT2D eigenvalue weighted by Crippen LogP contribution is -2.44. The van der Waals surface area contributed by atoms with Gasteiger partial charge >= 0.3 is 0 Å². The molecular weight excluding hydrogens is 384 g/mol. The second-order valence-electron chi connectivity index (χ2n) is 8.70. The summed E-state index contributed by atoms with van der Waals surface area (Å²) < 4.78 is 25.6. The summed E-state index contributed by atoms with van der Waals surface area (Å²) in [4.78, 5) is 12.6. The molecule has 1 aromatic carbocycles. The van der Waals surface area contributed by atoms with E-state index in [4.69, 9.17) is 9.97 Å². The first kappa shape index (κ1) is 19.0. The molecule has 0 saturated carbocycles. The minimum Gasteiger partial charge on any atom is -0.356 e. The maximum absolute atomic E-state index is 12.0. The van der Waals surface area contributed by atoms with Gasteiger partial charge in [0.1, 0.15) is 5.82 Å². The molecule has 154 valence electrons. The van der Waals surface area contributed by atoms with Crippen LogP contribution in [0.4, 0.5) is 5.82 Å². The van der Waals surface area contributed by atoms with Crippen molar-refractivity contribution in [3.8, 4) is 11.4 Å². The molecule has 1 aromatic heterocycles. The van der Waals surface area contributed by atoms with E-state index < -0.39 is 10.0 Å². The molecule has 29 heavy (non-hydrogen) atoms. The number of hydrogen-bond donors (Lipinski definition) is 0. The van der Waals surface area contributed by atoms with Gasteiger partial charge in [-0.25, -0.2) is 22.7 Å². The van der Waals surface area contributed by atoms with E-state index in [2.05, 4.69) is 17.0 Å². The highest BCUT2D eigenvalue weighted by Gasteiger charge is 2.45. The first-order valence-corrected chi connectivity index (χ1v) is 12.5. The molecule has 6 nitrogen and oxygen atoms in total.